The molecule has 3 aromatic carbocycles. The first-order valence-corrected chi connectivity index (χ1v) is 8.46. The second kappa shape index (κ2) is 6.10. The molecule has 0 aromatic heterocycles. The highest BCUT2D eigenvalue weighted by atomic mass is 16.2. The van der Waals surface area contributed by atoms with Gasteiger partial charge in [-0.05, 0) is 54.8 Å². The zero-order valence-corrected chi connectivity index (χ0v) is 14.4. The molecule has 0 fully saturated rings. The predicted octanol–water partition coefficient (Wildman–Crippen LogP) is 5.07. The summed E-state index contributed by atoms with van der Waals surface area (Å²) in [6, 6.07) is 23.9. The monoisotopic (exact) mass is 328 g/mol. The number of nitrogens with one attached hydrogen (secondary N) is 1. The number of hydrogen-bond donors (Lipinski definition) is 1. The van der Waals surface area contributed by atoms with Crippen LogP contribution in [0.25, 0.3) is 0 Å². The molecule has 0 saturated carbocycles. The normalized spacial score (nSPS) is 16.3. The van der Waals surface area contributed by atoms with Crippen LogP contribution in [0.3, 0.4) is 0 Å². The lowest BCUT2D eigenvalue weighted by Gasteiger charge is -2.38. The van der Waals surface area contributed by atoms with Crippen molar-refractivity contribution >= 4 is 17.3 Å². The first-order valence-electron chi connectivity index (χ1n) is 8.46. The van der Waals surface area contributed by atoms with Crippen molar-refractivity contribution in [3.8, 4) is 0 Å². The molecule has 0 spiro atoms. The maximum absolute atomic E-state index is 13.3. The van der Waals surface area contributed by atoms with Gasteiger partial charge >= 0.3 is 0 Å². The molecule has 0 aliphatic carbocycles. The molecule has 3 nitrogen and oxygen atoms in total. The maximum Gasteiger partial charge on any atom is 0.262 e. The molecular formula is C22H20N2O. The Labute approximate surface area is 147 Å². The van der Waals surface area contributed by atoms with Gasteiger partial charge in [-0.25, -0.2) is 0 Å². The lowest BCUT2D eigenvalue weighted by molar-refractivity contribution is 0.0975. The number of anilines is 2. The summed E-state index contributed by atoms with van der Waals surface area (Å²) >= 11 is 0. The molecule has 1 aliphatic heterocycles. The Morgan fingerprint density at radius 3 is 2.32 bits per heavy atom. The minimum absolute atomic E-state index is 0.0199. The standard InChI is InChI=1S/C22H20N2O/c1-15-12-13-18(14-16(15)2)24-21(17-8-4-3-5-9-17)23-20-11-7-6-10-19(20)22(24)25/h3-14,21,23H,1-2H3. The molecule has 1 atom stereocenters. The third-order valence-corrected chi connectivity index (χ3v) is 4.81. The van der Waals surface area contributed by atoms with Gasteiger partial charge < -0.3 is 5.32 Å². The Morgan fingerprint density at radius 1 is 0.840 bits per heavy atom. The quantitative estimate of drug-likeness (QED) is 0.712. The van der Waals surface area contributed by atoms with E-state index < -0.39 is 0 Å². The molecule has 1 amide bonds. The Morgan fingerprint density at radius 2 is 1.56 bits per heavy atom. The zero-order chi connectivity index (χ0) is 17.4. The largest absolute Gasteiger partial charge is 0.360 e. The number of hydrogen-bond acceptors (Lipinski definition) is 2. The van der Waals surface area contributed by atoms with Gasteiger partial charge in [0.1, 0.15) is 6.17 Å². The highest BCUT2D eigenvalue weighted by Gasteiger charge is 2.33. The smallest absolute Gasteiger partial charge is 0.262 e. The average Bonchev–Trinajstić information content (AvgIpc) is 2.65. The van der Waals surface area contributed by atoms with Gasteiger partial charge in [-0.3, -0.25) is 9.69 Å². The van der Waals surface area contributed by atoms with Crippen LogP contribution < -0.4 is 10.2 Å². The summed E-state index contributed by atoms with van der Waals surface area (Å²) in [5.41, 5.74) is 5.94. The minimum Gasteiger partial charge on any atom is -0.360 e. The number of benzene rings is 3. The van der Waals surface area contributed by atoms with Crippen LogP contribution in [0.1, 0.15) is 33.2 Å². The van der Waals surface area contributed by atoms with E-state index in [0.29, 0.717) is 5.56 Å². The fourth-order valence-electron chi connectivity index (χ4n) is 3.26. The maximum atomic E-state index is 13.3. The van der Waals surface area contributed by atoms with Crippen molar-refractivity contribution in [2.75, 3.05) is 10.2 Å². The van der Waals surface area contributed by atoms with Crippen molar-refractivity contribution in [1.29, 1.82) is 0 Å². The fourth-order valence-corrected chi connectivity index (χ4v) is 3.26. The van der Waals surface area contributed by atoms with E-state index in [1.54, 1.807) is 0 Å². The van der Waals surface area contributed by atoms with Crippen LogP contribution in [0.4, 0.5) is 11.4 Å². The lowest BCUT2D eigenvalue weighted by atomic mass is 10.0. The van der Waals surface area contributed by atoms with Crippen LogP contribution in [0.2, 0.25) is 0 Å². The van der Waals surface area contributed by atoms with Gasteiger partial charge in [-0.2, -0.15) is 0 Å². The Kier molecular flexibility index (Phi) is 3.77. The van der Waals surface area contributed by atoms with E-state index in [-0.39, 0.29) is 12.1 Å². The van der Waals surface area contributed by atoms with Gasteiger partial charge in [0, 0.05) is 11.4 Å². The second-order valence-electron chi connectivity index (χ2n) is 6.45. The Balaban J connectivity index is 1.88. The van der Waals surface area contributed by atoms with Crippen molar-refractivity contribution in [1.82, 2.24) is 0 Å². The van der Waals surface area contributed by atoms with Gasteiger partial charge in [-0.15, -0.1) is 0 Å². The third kappa shape index (κ3) is 2.68. The molecule has 1 N–H and O–H groups in total. The van der Waals surface area contributed by atoms with Crippen LogP contribution in [0.15, 0.2) is 72.8 Å². The van der Waals surface area contributed by atoms with Crippen molar-refractivity contribution in [3.63, 3.8) is 0 Å². The summed E-state index contributed by atoms with van der Waals surface area (Å²) in [5, 5.41) is 3.53. The van der Waals surface area contributed by atoms with E-state index in [4.69, 9.17) is 0 Å². The Bertz CT molecular complexity index is 934. The number of aryl methyl sites for hydroxylation is 2. The first-order chi connectivity index (χ1) is 12.1. The minimum atomic E-state index is -0.231. The number of nitrogens with zero attached hydrogens (tertiary/aromatic N) is 1. The van der Waals surface area contributed by atoms with Crippen molar-refractivity contribution in [3.05, 3.63) is 95.1 Å². The molecule has 4 rings (SSSR count). The molecule has 1 unspecified atom stereocenters. The molecule has 25 heavy (non-hydrogen) atoms. The fraction of sp³-hybridized carbons (Fsp3) is 0.136. The lowest BCUT2D eigenvalue weighted by Crippen LogP contribution is -2.43. The topological polar surface area (TPSA) is 32.3 Å². The number of para-hydroxylation sites is 1. The van der Waals surface area contributed by atoms with E-state index in [2.05, 4.69) is 31.3 Å². The van der Waals surface area contributed by atoms with Crippen LogP contribution in [0, 0.1) is 13.8 Å². The Hall–Kier alpha value is -3.07. The molecule has 0 saturated heterocycles. The zero-order valence-electron chi connectivity index (χ0n) is 14.4. The number of rotatable bonds is 2. The number of carbonyl (C=O) groups excluding carboxylic acids is 1. The molecular weight excluding hydrogens is 308 g/mol. The second-order valence-corrected chi connectivity index (χ2v) is 6.45. The highest BCUT2D eigenvalue weighted by Crippen LogP contribution is 2.36. The van der Waals surface area contributed by atoms with Crippen molar-refractivity contribution in [2.45, 2.75) is 20.0 Å². The number of fused-ring (bicyclic) bond motifs is 1. The number of carbonyl (C=O) groups is 1. The van der Waals surface area contributed by atoms with Crippen LogP contribution in [0.5, 0.6) is 0 Å². The predicted molar refractivity (Wildman–Crippen MR) is 102 cm³/mol. The summed E-state index contributed by atoms with van der Waals surface area (Å²) < 4.78 is 0. The summed E-state index contributed by atoms with van der Waals surface area (Å²) in [5.74, 6) is 0.0199. The van der Waals surface area contributed by atoms with Crippen LogP contribution in [-0.2, 0) is 0 Å². The third-order valence-electron chi connectivity index (χ3n) is 4.81. The van der Waals surface area contributed by atoms with Crippen LogP contribution >= 0.6 is 0 Å². The highest BCUT2D eigenvalue weighted by molar-refractivity contribution is 6.12. The van der Waals surface area contributed by atoms with Crippen molar-refractivity contribution < 1.29 is 4.79 Å². The van der Waals surface area contributed by atoms with E-state index in [0.717, 1.165) is 16.9 Å². The number of amides is 1. The van der Waals surface area contributed by atoms with Gasteiger partial charge in [0.2, 0.25) is 0 Å². The SMILES string of the molecule is Cc1ccc(N2C(=O)c3ccccc3NC2c2ccccc2)cc1C. The van der Waals surface area contributed by atoms with Crippen LogP contribution in [-0.4, -0.2) is 5.91 Å². The summed E-state index contributed by atoms with van der Waals surface area (Å²) in [6.07, 6.45) is -0.231. The molecule has 3 aromatic rings. The first kappa shape index (κ1) is 15.5. The molecule has 124 valence electrons. The van der Waals surface area contributed by atoms with Gasteiger partial charge in [0.25, 0.3) is 5.91 Å². The van der Waals surface area contributed by atoms with E-state index in [1.165, 1.54) is 11.1 Å². The van der Waals surface area contributed by atoms with E-state index in [9.17, 15) is 4.79 Å². The van der Waals surface area contributed by atoms with Crippen molar-refractivity contribution in [2.24, 2.45) is 0 Å². The van der Waals surface area contributed by atoms with Gasteiger partial charge in [-0.1, -0.05) is 48.5 Å². The summed E-state index contributed by atoms with van der Waals surface area (Å²) in [4.78, 5) is 15.1. The van der Waals surface area contributed by atoms with E-state index in [1.807, 2.05) is 65.6 Å². The van der Waals surface area contributed by atoms with Gasteiger partial charge in [0.05, 0.1) is 5.56 Å². The average molecular weight is 328 g/mol. The molecule has 3 heteroatoms. The summed E-state index contributed by atoms with van der Waals surface area (Å²) in [6.45, 7) is 4.16. The van der Waals surface area contributed by atoms with Gasteiger partial charge in [0.15, 0.2) is 0 Å². The molecule has 0 radical (unpaired) electrons. The molecule has 1 aliphatic rings. The molecule has 0 bridgehead atoms. The summed E-state index contributed by atoms with van der Waals surface area (Å²) in [7, 11) is 0. The molecule has 1 heterocycles. The van der Waals surface area contributed by atoms with E-state index >= 15 is 0 Å².